The van der Waals surface area contributed by atoms with E-state index < -0.39 is 0 Å². The molecule has 1 aromatic heterocycles. The van der Waals surface area contributed by atoms with Gasteiger partial charge in [0, 0.05) is 29.7 Å². The zero-order valence-corrected chi connectivity index (χ0v) is 13.0. The molecule has 113 valence electrons. The molecular weight excluding hydrogens is 284 g/mol. The predicted molar refractivity (Wildman–Crippen MR) is 90.5 cm³/mol. The molecule has 0 saturated carbocycles. The molecule has 1 aliphatic rings. The molecule has 4 rings (SSSR count). The minimum Gasteiger partial charge on any atom is -0.345 e. The van der Waals surface area contributed by atoms with Crippen LogP contribution < -0.4 is 4.90 Å². The summed E-state index contributed by atoms with van der Waals surface area (Å²) in [4.78, 5) is 14.9. The molecule has 1 amide bonds. The summed E-state index contributed by atoms with van der Waals surface area (Å²) in [6, 6.07) is 21.1. The summed E-state index contributed by atoms with van der Waals surface area (Å²) in [5, 5.41) is 0. The molecule has 2 aromatic carbocycles. The Balaban J connectivity index is 1.82. The Hall–Kier alpha value is -2.81. The first kappa shape index (κ1) is 13.8. The summed E-state index contributed by atoms with van der Waals surface area (Å²) >= 11 is 0. The summed E-state index contributed by atoms with van der Waals surface area (Å²) in [5.74, 6) is -0.00389. The van der Waals surface area contributed by atoms with E-state index in [4.69, 9.17) is 0 Å². The predicted octanol–water partition coefficient (Wildman–Crippen LogP) is 3.81. The molecule has 1 radical (unpaired) electrons. The van der Waals surface area contributed by atoms with E-state index in [1.54, 1.807) is 0 Å². The molecule has 3 aromatic rings. The number of carbonyl (C=O) groups excluding carboxylic acids is 1. The second kappa shape index (κ2) is 5.43. The molecule has 0 bridgehead atoms. The number of rotatable bonds is 1. The maximum atomic E-state index is 13.1. The van der Waals surface area contributed by atoms with E-state index in [2.05, 4.69) is 29.0 Å². The summed E-state index contributed by atoms with van der Waals surface area (Å²) in [5.41, 5.74) is 4.86. The first-order valence-corrected chi connectivity index (χ1v) is 7.75. The molecule has 0 aliphatic carbocycles. The van der Waals surface area contributed by atoms with E-state index in [0.717, 1.165) is 29.1 Å². The van der Waals surface area contributed by atoms with Crippen LogP contribution in [0.1, 0.15) is 27.2 Å². The number of carbonyl (C=O) groups is 1. The number of amides is 1. The van der Waals surface area contributed by atoms with Gasteiger partial charge in [-0.05, 0) is 48.4 Å². The van der Waals surface area contributed by atoms with Crippen molar-refractivity contribution in [1.82, 2.24) is 4.57 Å². The van der Waals surface area contributed by atoms with E-state index in [0.29, 0.717) is 12.1 Å². The third kappa shape index (κ3) is 2.44. The lowest BCUT2D eigenvalue weighted by atomic mass is 10.1. The van der Waals surface area contributed by atoms with Crippen molar-refractivity contribution in [2.24, 2.45) is 0 Å². The molecule has 2 heterocycles. The first-order valence-electron chi connectivity index (χ1n) is 7.75. The van der Waals surface area contributed by atoms with Gasteiger partial charge in [-0.1, -0.05) is 30.3 Å². The van der Waals surface area contributed by atoms with Gasteiger partial charge in [-0.25, -0.2) is 0 Å². The van der Waals surface area contributed by atoms with Crippen molar-refractivity contribution < 1.29 is 4.79 Å². The van der Waals surface area contributed by atoms with Crippen molar-refractivity contribution in [1.29, 1.82) is 0 Å². The van der Waals surface area contributed by atoms with Gasteiger partial charge < -0.3 is 9.47 Å². The van der Waals surface area contributed by atoms with Crippen molar-refractivity contribution in [2.75, 3.05) is 4.90 Å². The highest BCUT2D eigenvalue weighted by Gasteiger charge is 2.24. The minimum atomic E-state index is -0.00389. The van der Waals surface area contributed by atoms with E-state index >= 15 is 0 Å². The summed E-state index contributed by atoms with van der Waals surface area (Å²) < 4.78 is 2.20. The van der Waals surface area contributed by atoms with Crippen molar-refractivity contribution in [3.63, 3.8) is 0 Å². The molecule has 3 heteroatoms. The minimum absolute atomic E-state index is 0.00389. The van der Waals surface area contributed by atoms with Crippen molar-refractivity contribution >= 4 is 11.6 Å². The first-order chi connectivity index (χ1) is 11.2. The molecule has 23 heavy (non-hydrogen) atoms. The molecular formula is C20H17N2O. The lowest BCUT2D eigenvalue weighted by molar-refractivity contribution is 0.0984. The number of hydrogen-bond donors (Lipinski definition) is 0. The lowest BCUT2D eigenvalue weighted by Crippen LogP contribution is -2.30. The van der Waals surface area contributed by atoms with Crippen molar-refractivity contribution in [2.45, 2.75) is 20.0 Å². The Labute approximate surface area is 135 Å². The number of para-hydroxylation sites is 1. The Morgan fingerprint density at radius 2 is 1.87 bits per heavy atom. The van der Waals surface area contributed by atoms with Crippen LogP contribution in [-0.2, 0) is 13.1 Å². The molecule has 0 saturated heterocycles. The molecule has 0 spiro atoms. The number of aryl methyl sites for hydroxylation is 1. The van der Waals surface area contributed by atoms with Crippen LogP contribution in [0.15, 0.2) is 60.8 Å². The van der Waals surface area contributed by atoms with Gasteiger partial charge in [0.25, 0.3) is 5.91 Å². The number of aromatic nitrogens is 1. The maximum Gasteiger partial charge on any atom is 0.259 e. The van der Waals surface area contributed by atoms with Crippen LogP contribution in [0.4, 0.5) is 5.69 Å². The second-order valence-corrected chi connectivity index (χ2v) is 5.89. The third-order valence-corrected chi connectivity index (χ3v) is 4.28. The molecule has 0 unspecified atom stereocenters. The second-order valence-electron chi connectivity index (χ2n) is 5.89. The van der Waals surface area contributed by atoms with E-state index in [9.17, 15) is 4.79 Å². The van der Waals surface area contributed by atoms with Crippen molar-refractivity contribution in [3.05, 3.63) is 89.2 Å². The SMILES string of the molecule is Cc1[c]c(C(=O)N2Cc3cccn3Cc3ccccc32)ccc1. The summed E-state index contributed by atoms with van der Waals surface area (Å²) in [7, 11) is 0. The van der Waals surface area contributed by atoms with Crippen LogP contribution in [0.3, 0.4) is 0 Å². The zero-order valence-electron chi connectivity index (χ0n) is 13.0. The maximum absolute atomic E-state index is 13.1. The molecule has 0 fully saturated rings. The van der Waals surface area contributed by atoms with Gasteiger partial charge in [0.2, 0.25) is 0 Å². The zero-order chi connectivity index (χ0) is 15.8. The van der Waals surface area contributed by atoms with Crippen LogP contribution in [0.5, 0.6) is 0 Å². The Bertz CT molecular complexity index is 879. The average Bonchev–Trinajstić information content (AvgIpc) is 2.93. The van der Waals surface area contributed by atoms with Gasteiger partial charge in [0.15, 0.2) is 0 Å². The fourth-order valence-corrected chi connectivity index (χ4v) is 3.12. The number of fused-ring (bicyclic) bond motifs is 2. The van der Waals surface area contributed by atoms with Crippen LogP contribution in [-0.4, -0.2) is 10.5 Å². The Kier molecular flexibility index (Phi) is 3.27. The van der Waals surface area contributed by atoms with E-state index in [1.807, 2.05) is 54.3 Å². The van der Waals surface area contributed by atoms with Gasteiger partial charge in [-0.3, -0.25) is 4.79 Å². The van der Waals surface area contributed by atoms with Gasteiger partial charge in [0.05, 0.1) is 6.54 Å². The Morgan fingerprint density at radius 1 is 1.00 bits per heavy atom. The number of benzene rings is 2. The van der Waals surface area contributed by atoms with Crippen LogP contribution >= 0.6 is 0 Å². The van der Waals surface area contributed by atoms with Gasteiger partial charge in [-0.15, -0.1) is 0 Å². The van der Waals surface area contributed by atoms with E-state index in [-0.39, 0.29) is 5.91 Å². The van der Waals surface area contributed by atoms with E-state index in [1.165, 1.54) is 0 Å². The number of nitrogens with zero attached hydrogens (tertiary/aromatic N) is 2. The molecule has 0 atom stereocenters. The van der Waals surface area contributed by atoms with Gasteiger partial charge >= 0.3 is 0 Å². The standard InChI is InChI=1S/C20H17N2O/c1-15-6-4-8-16(12-15)20(23)22-14-18-9-5-11-21(18)13-17-7-2-3-10-19(17)22/h2-11H,13-14H2,1H3. The molecule has 0 N–H and O–H groups in total. The quantitative estimate of drug-likeness (QED) is 0.671. The van der Waals surface area contributed by atoms with Crippen molar-refractivity contribution in [3.8, 4) is 0 Å². The summed E-state index contributed by atoms with van der Waals surface area (Å²) in [6.07, 6.45) is 2.07. The number of hydrogen-bond acceptors (Lipinski definition) is 1. The van der Waals surface area contributed by atoms with Crippen LogP contribution in [0, 0.1) is 13.0 Å². The van der Waals surface area contributed by atoms with Crippen LogP contribution in [0.25, 0.3) is 0 Å². The average molecular weight is 301 g/mol. The normalized spacial score (nSPS) is 13.2. The fourth-order valence-electron chi connectivity index (χ4n) is 3.12. The van der Waals surface area contributed by atoms with Gasteiger partial charge in [0.1, 0.15) is 0 Å². The molecule has 1 aliphatic heterocycles. The lowest BCUT2D eigenvalue weighted by Gasteiger charge is -2.22. The monoisotopic (exact) mass is 301 g/mol. The van der Waals surface area contributed by atoms with Gasteiger partial charge in [-0.2, -0.15) is 0 Å². The Morgan fingerprint density at radius 3 is 2.74 bits per heavy atom. The highest BCUT2D eigenvalue weighted by molar-refractivity contribution is 6.06. The summed E-state index contributed by atoms with van der Waals surface area (Å²) in [6.45, 7) is 3.32. The fraction of sp³-hybridized carbons (Fsp3) is 0.150. The van der Waals surface area contributed by atoms with Crippen LogP contribution in [0.2, 0.25) is 0 Å². The largest absolute Gasteiger partial charge is 0.345 e. The molecule has 3 nitrogen and oxygen atoms in total. The smallest absolute Gasteiger partial charge is 0.259 e. The number of anilines is 1. The highest BCUT2D eigenvalue weighted by Crippen LogP contribution is 2.29. The highest BCUT2D eigenvalue weighted by atomic mass is 16.2. The third-order valence-electron chi connectivity index (χ3n) is 4.28. The topological polar surface area (TPSA) is 25.2 Å².